The highest BCUT2D eigenvalue weighted by atomic mass is 16.7. The molecule has 0 bridgehead atoms. The SMILES string of the molecule is O=C(CNc1n[nH]c(=O)[nH]c1=O)N/N=C\c1ccc2c(c1)OCO2. The fourth-order valence-electron chi connectivity index (χ4n) is 1.84. The van der Waals surface area contributed by atoms with E-state index in [4.69, 9.17) is 9.47 Å². The number of fused-ring (bicyclic) bond motifs is 1. The van der Waals surface area contributed by atoms with Crippen LogP contribution in [0, 0.1) is 0 Å². The van der Waals surface area contributed by atoms with E-state index in [0.717, 1.165) is 0 Å². The van der Waals surface area contributed by atoms with Crippen molar-refractivity contribution >= 4 is 17.9 Å². The zero-order chi connectivity index (χ0) is 16.9. The number of ether oxygens (including phenoxy) is 2. The maximum Gasteiger partial charge on any atom is 0.342 e. The van der Waals surface area contributed by atoms with Gasteiger partial charge < -0.3 is 14.8 Å². The summed E-state index contributed by atoms with van der Waals surface area (Å²) in [5.74, 6) is 0.582. The fourth-order valence-corrected chi connectivity index (χ4v) is 1.84. The number of hydrazone groups is 1. The number of aromatic amines is 2. The molecule has 0 saturated carbocycles. The minimum Gasteiger partial charge on any atom is -0.454 e. The molecule has 11 nitrogen and oxygen atoms in total. The van der Waals surface area contributed by atoms with Gasteiger partial charge in [0.15, 0.2) is 11.5 Å². The second-order valence-electron chi connectivity index (χ2n) is 4.61. The number of carbonyl (C=O) groups is 1. The molecule has 1 aliphatic heterocycles. The first-order valence-corrected chi connectivity index (χ1v) is 6.76. The first kappa shape index (κ1) is 15.3. The summed E-state index contributed by atoms with van der Waals surface area (Å²) in [5, 5.41) is 11.8. The van der Waals surface area contributed by atoms with Crippen LogP contribution in [0.15, 0.2) is 32.9 Å². The summed E-state index contributed by atoms with van der Waals surface area (Å²) in [6, 6.07) is 5.21. The summed E-state index contributed by atoms with van der Waals surface area (Å²) in [6.07, 6.45) is 1.44. The number of amides is 1. The number of H-pyrrole nitrogens is 2. The number of nitrogens with zero attached hydrogens (tertiary/aromatic N) is 2. The Bertz CT molecular complexity index is 902. The maximum atomic E-state index is 11.6. The summed E-state index contributed by atoms with van der Waals surface area (Å²) < 4.78 is 10.4. The number of rotatable bonds is 5. The van der Waals surface area contributed by atoms with Gasteiger partial charge in [0.25, 0.3) is 11.5 Å². The molecule has 0 fully saturated rings. The van der Waals surface area contributed by atoms with Crippen LogP contribution < -0.4 is 31.5 Å². The van der Waals surface area contributed by atoms with Gasteiger partial charge in [0.05, 0.1) is 12.8 Å². The largest absolute Gasteiger partial charge is 0.454 e. The molecule has 3 rings (SSSR count). The van der Waals surface area contributed by atoms with Crippen molar-refractivity contribution in [3.05, 3.63) is 44.6 Å². The average molecular weight is 332 g/mol. The highest BCUT2D eigenvalue weighted by molar-refractivity contribution is 5.84. The Morgan fingerprint density at radius 2 is 2.17 bits per heavy atom. The molecular formula is C13H12N6O5. The molecule has 2 heterocycles. The lowest BCUT2D eigenvalue weighted by atomic mass is 10.2. The van der Waals surface area contributed by atoms with E-state index in [1.165, 1.54) is 6.21 Å². The van der Waals surface area contributed by atoms with E-state index < -0.39 is 17.2 Å². The van der Waals surface area contributed by atoms with Crippen molar-refractivity contribution in [2.75, 3.05) is 18.7 Å². The molecule has 0 aliphatic carbocycles. The number of hydrogen-bond donors (Lipinski definition) is 4. The predicted molar refractivity (Wildman–Crippen MR) is 82.3 cm³/mol. The zero-order valence-electron chi connectivity index (χ0n) is 12.2. The topological polar surface area (TPSA) is 151 Å². The Balaban J connectivity index is 1.52. The number of nitrogens with one attached hydrogen (secondary N) is 4. The molecule has 1 aromatic heterocycles. The molecule has 4 N–H and O–H groups in total. The predicted octanol–water partition coefficient (Wildman–Crippen LogP) is -1.25. The lowest BCUT2D eigenvalue weighted by Crippen LogP contribution is -2.31. The molecule has 0 saturated heterocycles. The van der Waals surface area contributed by atoms with Crippen molar-refractivity contribution in [2.24, 2.45) is 5.10 Å². The van der Waals surface area contributed by atoms with E-state index >= 15 is 0 Å². The minimum absolute atomic E-state index is 0.176. The summed E-state index contributed by atoms with van der Waals surface area (Å²) in [5.41, 5.74) is 1.54. The lowest BCUT2D eigenvalue weighted by molar-refractivity contribution is -0.119. The summed E-state index contributed by atoms with van der Waals surface area (Å²) in [7, 11) is 0. The van der Waals surface area contributed by atoms with Gasteiger partial charge in [-0.05, 0) is 23.8 Å². The van der Waals surface area contributed by atoms with E-state index in [0.29, 0.717) is 17.1 Å². The van der Waals surface area contributed by atoms with E-state index in [2.05, 4.69) is 20.9 Å². The van der Waals surface area contributed by atoms with Gasteiger partial charge in [-0.25, -0.2) is 15.3 Å². The van der Waals surface area contributed by atoms with Gasteiger partial charge in [-0.1, -0.05) is 0 Å². The molecule has 24 heavy (non-hydrogen) atoms. The highest BCUT2D eigenvalue weighted by Gasteiger charge is 2.12. The molecule has 0 unspecified atom stereocenters. The molecular weight excluding hydrogens is 320 g/mol. The van der Waals surface area contributed by atoms with Crippen molar-refractivity contribution in [3.8, 4) is 11.5 Å². The van der Waals surface area contributed by atoms with Crippen LogP contribution in [0.25, 0.3) is 0 Å². The number of hydrogen-bond acceptors (Lipinski definition) is 8. The van der Waals surface area contributed by atoms with E-state index in [1.807, 2.05) is 10.1 Å². The van der Waals surface area contributed by atoms with Crippen LogP contribution in [0.5, 0.6) is 11.5 Å². The third kappa shape index (κ3) is 3.58. The van der Waals surface area contributed by atoms with Crippen molar-refractivity contribution in [2.45, 2.75) is 0 Å². The Morgan fingerprint density at radius 3 is 3.00 bits per heavy atom. The fraction of sp³-hybridized carbons (Fsp3) is 0.154. The number of aromatic nitrogens is 3. The standard InChI is InChI=1S/C13H12N6O5/c20-10(5-14-11-12(21)16-13(22)19-18-11)17-15-4-7-1-2-8-9(3-7)24-6-23-8/h1-4H,5-6H2,(H,14,18)(H,17,20)(H2,16,19,21,22)/b15-4-. The van der Waals surface area contributed by atoms with Crippen LogP contribution in [0.4, 0.5) is 5.82 Å². The maximum absolute atomic E-state index is 11.6. The lowest BCUT2D eigenvalue weighted by Gasteiger charge is -2.02. The molecule has 11 heteroatoms. The van der Waals surface area contributed by atoms with Gasteiger partial charge in [-0.3, -0.25) is 14.6 Å². The first-order valence-electron chi connectivity index (χ1n) is 6.76. The Morgan fingerprint density at radius 1 is 1.33 bits per heavy atom. The van der Waals surface area contributed by atoms with E-state index in [1.54, 1.807) is 18.2 Å². The van der Waals surface area contributed by atoms with Crippen LogP contribution in [-0.2, 0) is 4.79 Å². The smallest absolute Gasteiger partial charge is 0.342 e. The van der Waals surface area contributed by atoms with Gasteiger partial charge >= 0.3 is 5.69 Å². The monoisotopic (exact) mass is 332 g/mol. The number of benzene rings is 1. The van der Waals surface area contributed by atoms with Gasteiger partial charge in [0.2, 0.25) is 12.6 Å². The van der Waals surface area contributed by atoms with Crippen molar-refractivity contribution in [1.29, 1.82) is 0 Å². The van der Waals surface area contributed by atoms with Crippen LogP contribution in [0.1, 0.15) is 5.56 Å². The summed E-state index contributed by atoms with van der Waals surface area (Å²) >= 11 is 0. The third-order valence-electron chi connectivity index (χ3n) is 2.93. The number of carbonyl (C=O) groups excluding carboxylic acids is 1. The summed E-state index contributed by atoms with van der Waals surface area (Å²) in [4.78, 5) is 35.8. The molecule has 1 amide bonds. The van der Waals surface area contributed by atoms with Gasteiger partial charge in [0.1, 0.15) is 0 Å². The Hall–Kier alpha value is -3.63. The van der Waals surface area contributed by atoms with Crippen molar-refractivity contribution in [1.82, 2.24) is 20.6 Å². The van der Waals surface area contributed by atoms with Crippen LogP contribution in [0.2, 0.25) is 0 Å². The van der Waals surface area contributed by atoms with Gasteiger partial charge in [-0.2, -0.15) is 5.10 Å². The molecule has 2 aromatic rings. The normalized spacial score (nSPS) is 12.3. The first-order chi connectivity index (χ1) is 11.6. The third-order valence-corrected chi connectivity index (χ3v) is 2.93. The quantitative estimate of drug-likeness (QED) is 0.394. The van der Waals surface area contributed by atoms with Crippen molar-refractivity contribution < 1.29 is 14.3 Å². The molecule has 1 aromatic carbocycles. The van der Waals surface area contributed by atoms with Crippen LogP contribution >= 0.6 is 0 Å². The molecule has 1 aliphatic rings. The zero-order valence-corrected chi connectivity index (χ0v) is 12.2. The molecule has 0 atom stereocenters. The van der Waals surface area contributed by atoms with Gasteiger partial charge in [-0.15, -0.1) is 5.10 Å². The Labute approximate surface area is 133 Å². The van der Waals surface area contributed by atoms with Crippen molar-refractivity contribution in [3.63, 3.8) is 0 Å². The van der Waals surface area contributed by atoms with Gasteiger partial charge in [0, 0.05) is 0 Å². The minimum atomic E-state index is -0.733. The second-order valence-corrected chi connectivity index (χ2v) is 4.61. The van der Waals surface area contributed by atoms with Crippen LogP contribution in [-0.4, -0.2) is 40.6 Å². The van der Waals surface area contributed by atoms with E-state index in [-0.39, 0.29) is 19.2 Å². The Kier molecular flexibility index (Phi) is 4.23. The van der Waals surface area contributed by atoms with E-state index in [9.17, 15) is 14.4 Å². The number of anilines is 1. The highest BCUT2D eigenvalue weighted by Crippen LogP contribution is 2.31. The molecule has 124 valence electrons. The average Bonchev–Trinajstić information content (AvgIpc) is 3.02. The molecule has 0 radical (unpaired) electrons. The second kappa shape index (κ2) is 6.64. The van der Waals surface area contributed by atoms with Crippen LogP contribution in [0.3, 0.4) is 0 Å². The summed E-state index contributed by atoms with van der Waals surface area (Å²) in [6.45, 7) is -0.0726. The molecule has 0 spiro atoms.